The number of hydrogen-bond acceptors (Lipinski definition) is 2. The molecule has 2 nitrogen and oxygen atoms in total. The summed E-state index contributed by atoms with van der Waals surface area (Å²) in [6, 6.07) is 6.06. The van der Waals surface area contributed by atoms with Crippen molar-refractivity contribution in [1.29, 1.82) is 0 Å². The molecule has 0 aromatic heterocycles. The molecule has 1 atom stereocenters. The van der Waals surface area contributed by atoms with Crippen LogP contribution in [-0.2, 0) is 9.84 Å². The van der Waals surface area contributed by atoms with Crippen LogP contribution in [0, 0.1) is 5.82 Å². The molecule has 1 aromatic carbocycles. The second kappa shape index (κ2) is 7.10. The quantitative estimate of drug-likeness (QED) is 0.722. The van der Waals surface area contributed by atoms with Crippen LogP contribution in [0.15, 0.2) is 24.3 Å². The summed E-state index contributed by atoms with van der Waals surface area (Å²) in [5.41, 5.74) is 0.887. The van der Waals surface area contributed by atoms with Gasteiger partial charge in [0.05, 0.1) is 5.75 Å². The van der Waals surface area contributed by atoms with Crippen LogP contribution in [0.25, 0.3) is 0 Å². The second-order valence-electron chi connectivity index (χ2n) is 4.34. The minimum absolute atomic E-state index is 0.0427. The molecule has 0 saturated heterocycles. The Morgan fingerprint density at radius 1 is 1.22 bits per heavy atom. The van der Waals surface area contributed by atoms with Crippen molar-refractivity contribution in [2.45, 2.75) is 25.7 Å². The Balaban J connectivity index is 2.65. The first kappa shape index (κ1) is 15.4. The Hall–Kier alpha value is -0.610. The Kier molecular flexibility index (Phi) is 6.09. The van der Waals surface area contributed by atoms with Crippen molar-refractivity contribution in [2.75, 3.05) is 17.4 Å². The first-order valence-electron chi connectivity index (χ1n) is 6.00. The molecule has 1 rings (SSSR count). The van der Waals surface area contributed by atoms with E-state index in [0.29, 0.717) is 18.7 Å². The number of sulfone groups is 1. The first-order valence-corrected chi connectivity index (χ1v) is 8.36. The molecule has 0 heterocycles. The SMILES string of the molecule is CCCS(=O)(=O)CCC(CCl)c1ccc(F)cc1. The van der Waals surface area contributed by atoms with Gasteiger partial charge in [0.2, 0.25) is 0 Å². The maximum atomic E-state index is 12.8. The van der Waals surface area contributed by atoms with Crippen LogP contribution in [0.4, 0.5) is 4.39 Å². The van der Waals surface area contributed by atoms with E-state index in [0.717, 1.165) is 5.56 Å². The van der Waals surface area contributed by atoms with Crippen LogP contribution in [0.2, 0.25) is 0 Å². The fourth-order valence-electron chi connectivity index (χ4n) is 1.80. The molecule has 0 aliphatic heterocycles. The van der Waals surface area contributed by atoms with Gasteiger partial charge in [-0.05, 0) is 36.5 Å². The highest BCUT2D eigenvalue weighted by Gasteiger charge is 2.16. The molecule has 0 bridgehead atoms. The van der Waals surface area contributed by atoms with E-state index in [9.17, 15) is 12.8 Å². The summed E-state index contributed by atoms with van der Waals surface area (Å²) in [6.45, 7) is 1.84. The molecule has 0 aliphatic rings. The molecule has 0 amide bonds. The van der Waals surface area contributed by atoms with E-state index in [-0.39, 0.29) is 23.2 Å². The number of benzene rings is 1. The van der Waals surface area contributed by atoms with E-state index >= 15 is 0 Å². The molecule has 102 valence electrons. The van der Waals surface area contributed by atoms with Gasteiger partial charge in [-0.15, -0.1) is 11.6 Å². The van der Waals surface area contributed by atoms with Gasteiger partial charge in [-0.3, -0.25) is 0 Å². The highest BCUT2D eigenvalue weighted by atomic mass is 35.5. The molecular weight excluding hydrogens is 275 g/mol. The van der Waals surface area contributed by atoms with Gasteiger partial charge in [0.15, 0.2) is 0 Å². The lowest BCUT2D eigenvalue weighted by molar-refractivity contribution is 0.587. The predicted octanol–water partition coefficient (Wildman–Crippen LogP) is 3.36. The second-order valence-corrected chi connectivity index (χ2v) is 6.96. The van der Waals surface area contributed by atoms with Gasteiger partial charge < -0.3 is 0 Å². The Bertz CT molecular complexity index is 456. The van der Waals surface area contributed by atoms with Crippen molar-refractivity contribution in [3.05, 3.63) is 35.6 Å². The fraction of sp³-hybridized carbons (Fsp3) is 0.538. The fourth-order valence-corrected chi connectivity index (χ4v) is 3.60. The standard InChI is InChI=1S/C13H18ClFO2S/c1-2-8-18(16,17)9-7-12(10-14)11-3-5-13(15)6-4-11/h3-6,12H,2,7-10H2,1H3. The highest BCUT2D eigenvalue weighted by Crippen LogP contribution is 2.22. The highest BCUT2D eigenvalue weighted by molar-refractivity contribution is 7.91. The third-order valence-electron chi connectivity index (χ3n) is 2.82. The number of alkyl halides is 1. The zero-order chi connectivity index (χ0) is 13.6. The Morgan fingerprint density at radius 3 is 2.33 bits per heavy atom. The van der Waals surface area contributed by atoms with Gasteiger partial charge in [0.25, 0.3) is 0 Å². The third kappa shape index (κ3) is 4.94. The van der Waals surface area contributed by atoms with Crippen molar-refractivity contribution >= 4 is 21.4 Å². The van der Waals surface area contributed by atoms with Crippen LogP contribution in [0.3, 0.4) is 0 Å². The normalized spacial score (nSPS) is 13.5. The summed E-state index contributed by atoms with van der Waals surface area (Å²) in [5.74, 6) is 0.346. The number of halogens is 2. The first-order chi connectivity index (χ1) is 8.48. The van der Waals surface area contributed by atoms with Crippen molar-refractivity contribution in [3.8, 4) is 0 Å². The van der Waals surface area contributed by atoms with Crippen molar-refractivity contribution in [2.24, 2.45) is 0 Å². The van der Waals surface area contributed by atoms with Gasteiger partial charge in [0.1, 0.15) is 15.7 Å². The maximum Gasteiger partial charge on any atom is 0.150 e. The predicted molar refractivity (Wildman–Crippen MR) is 73.4 cm³/mol. The zero-order valence-corrected chi connectivity index (χ0v) is 12.0. The van der Waals surface area contributed by atoms with Crippen LogP contribution < -0.4 is 0 Å². The van der Waals surface area contributed by atoms with Crippen molar-refractivity contribution in [1.82, 2.24) is 0 Å². The minimum atomic E-state index is -2.99. The van der Waals surface area contributed by atoms with Gasteiger partial charge in [-0.1, -0.05) is 19.1 Å². The lowest BCUT2D eigenvalue weighted by Gasteiger charge is -2.14. The average Bonchev–Trinajstić information content (AvgIpc) is 2.32. The van der Waals surface area contributed by atoms with Crippen LogP contribution in [0.5, 0.6) is 0 Å². The van der Waals surface area contributed by atoms with E-state index in [1.807, 2.05) is 6.92 Å². The van der Waals surface area contributed by atoms with Gasteiger partial charge >= 0.3 is 0 Å². The van der Waals surface area contributed by atoms with E-state index in [1.54, 1.807) is 12.1 Å². The summed E-state index contributed by atoms with van der Waals surface area (Å²) in [4.78, 5) is 0. The van der Waals surface area contributed by atoms with Crippen LogP contribution in [0.1, 0.15) is 31.2 Å². The molecule has 0 aliphatic carbocycles. The minimum Gasteiger partial charge on any atom is -0.229 e. The smallest absolute Gasteiger partial charge is 0.150 e. The van der Waals surface area contributed by atoms with Crippen molar-refractivity contribution < 1.29 is 12.8 Å². The third-order valence-corrected chi connectivity index (χ3v) is 5.08. The van der Waals surface area contributed by atoms with E-state index in [4.69, 9.17) is 11.6 Å². The molecular formula is C13H18ClFO2S. The lowest BCUT2D eigenvalue weighted by atomic mass is 9.99. The topological polar surface area (TPSA) is 34.1 Å². The van der Waals surface area contributed by atoms with Gasteiger partial charge in [-0.25, -0.2) is 12.8 Å². The molecule has 0 fully saturated rings. The molecule has 0 saturated carbocycles. The number of rotatable bonds is 7. The summed E-state index contributed by atoms with van der Waals surface area (Å²) < 4.78 is 36.1. The lowest BCUT2D eigenvalue weighted by Crippen LogP contribution is -2.14. The average molecular weight is 293 g/mol. The summed E-state index contributed by atoms with van der Waals surface area (Å²) in [7, 11) is -2.99. The van der Waals surface area contributed by atoms with Gasteiger partial charge in [0, 0.05) is 11.6 Å². The zero-order valence-electron chi connectivity index (χ0n) is 10.4. The molecule has 0 spiro atoms. The van der Waals surface area contributed by atoms with Crippen LogP contribution >= 0.6 is 11.6 Å². The molecule has 0 N–H and O–H groups in total. The monoisotopic (exact) mass is 292 g/mol. The van der Waals surface area contributed by atoms with Crippen molar-refractivity contribution in [3.63, 3.8) is 0 Å². The molecule has 1 unspecified atom stereocenters. The summed E-state index contributed by atoms with van der Waals surface area (Å²) in [5, 5.41) is 0. The molecule has 0 radical (unpaired) electrons. The number of hydrogen-bond donors (Lipinski definition) is 0. The summed E-state index contributed by atoms with van der Waals surface area (Å²) >= 11 is 5.86. The Morgan fingerprint density at radius 2 is 1.83 bits per heavy atom. The maximum absolute atomic E-state index is 12.8. The molecule has 18 heavy (non-hydrogen) atoms. The van der Waals surface area contributed by atoms with E-state index < -0.39 is 9.84 Å². The largest absolute Gasteiger partial charge is 0.229 e. The van der Waals surface area contributed by atoms with Crippen LogP contribution in [-0.4, -0.2) is 25.8 Å². The van der Waals surface area contributed by atoms with E-state index in [1.165, 1.54) is 12.1 Å². The molecule has 5 heteroatoms. The van der Waals surface area contributed by atoms with E-state index in [2.05, 4.69) is 0 Å². The van der Waals surface area contributed by atoms with Gasteiger partial charge in [-0.2, -0.15) is 0 Å². The molecule has 1 aromatic rings. The Labute approximate surface area is 113 Å². The summed E-state index contributed by atoms with van der Waals surface area (Å²) in [6.07, 6.45) is 1.11.